The minimum atomic E-state index is -1.13. The van der Waals surface area contributed by atoms with Crippen molar-refractivity contribution < 1.29 is 24.3 Å². The fourth-order valence-corrected chi connectivity index (χ4v) is 11.8. The molecule has 2 aromatic carbocycles. The number of carboxylic acids is 1. The number of aliphatic carboxylic acids is 1. The lowest BCUT2D eigenvalue weighted by molar-refractivity contribution is -0.191. The molecule has 2 fully saturated rings. The number of thiocarbonyl (C=S) groups is 1. The minimum absolute atomic E-state index is 0.240. The molecular weight excluding hydrogens is 807 g/mol. The van der Waals surface area contributed by atoms with Crippen molar-refractivity contribution in [3.63, 3.8) is 0 Å². The first kappa shape index (κ1) is 45.6. The van der Waals surface area contributed by atoms with Crippen molar-refractivity contribution in [3.8, 4) is 0 Å². The van der Waals surface area contributed by atoms with Gasteiger partial charge in [-0.25, -0.2) is 0 Å². The molecule has 1 saturated heterocycles. The number of benzene rings is 2. The molecule has 2 aliphatic heterocycles. The van der Waals surface area contributed by atoms with E-state index in [1.807, 2.05) is 17.8 Å². The maximum Gasteiger partial charge on any atom is 0.373 e. The highest BCUT2D eigenvalue weighted by Crippen LogP contribution is 2.52. The monoisotopic (exact) mass is 863 g/mol. The topological polar surface area (TPSA) is 117 Å². The Kier molecular flexibility index (Phi) is 18.4. The van der Waals surface area contributed by atoms with E-state index in [-0.39, 0.29) is 12.1 Å². The molecule has 1 aromatic heterocycles. The maximum atomic E-state index is 13.8. The largest absolute Gasteiger partial charge is 0.480 e. The van der Waals surface area contributed by atoms with E-state index < -0.39 is 18.1 Å². The molecule has 0 spiro atoms. The first-order valence-electron chi connectivity index (χ1n) is 21.1. The molecular formula is C45H57N3O6S4. The van der Waals surface area contributed by atoms with Gasteiger partial charge in [0.05, 0.1) is 4.53 Å². The molecule has 1 N–H and O–H groups in total. The van der Waals surface area contributed by atoms with E-state index in [0.29, 0.717) is 36.9 Å². The molecule has 2 atom stereocenters. The molecule has 3 aromatic rings. The van der Waals surface area contributed by atoms with Gasteiger partial charge in [-0.15, -0.1) is 23.1 Å². The van der Waals surface area contributed by atoms with Gasteiger partial charge in [-0.05, 0) is 85.0 Å². The van der Waals surface area contributed by atoms with Gasteiger partial charge in [-0.1, -0.05) is 127 Å². The van der Waals surface area contributed by atoms with Gasteiger partial charge in [0.1, 0.15) is 20.4 Å². The summed E-state index contributed by atoms with van der Waals surface area (Å²) >= 11 is 9.92. The fraction of sp³-hybridized carbons (Fsp3) is 0.533. The zero-order valence-electron chi connectivity index (χ0n) is 33.9. The van der Waals surface area contributed by atoms with Crippen molar-refractivity contribution in [2.45, 2.75) is 146 Å². The lowest BCUT2D eigenvalue weighted by atomic mass is 9.96. The first-order valence-corrected chi connectivity index (χ1v) is 24.1. The third kappa shape index (κ3) is 11.8. The lowest BCUT2D eigenvalue weighted by Gasteiger charge is -2.27. The number of aromatic nitrogens is 1. The van der Waals surface area contributed by atoms with E-state index in [9.17, 15) is 19.5 Å². The number of unbranched alkanes of at least 4 members (excludes halogenated alkanes) is 12. The smallest absolute Gasteiger partial charge is 0.373 e. The van der Waals surface area contributed by atoms with Crippen LogP contribution in [-0.4, -0.2) is 55.3 Å². The second-order valence-electron chi connectivity index (χ2n) is 15.3. The van der Waals surface area contributed by atoms with Gasteiger partial charge in [0.15, 0.2) is 0 Å². The van der Waals surface area contributed by atoms with Crippen molar-refractivity contribution in [2.75, 3.05) is 17.2 Å². The van der Waals surface area contributed by atoms with Crippen molar-refractivity contribution >= 4 is 91.8 Å². The average molecular weight is 864 g/mol. The Hall–Kier alpha value is -3.48. The molecule has 3 aliphatic rings. The van der Waals surface area contributed by atoms with Gasteiger partial charge >= 0.3 is 12.1 Å². The summed E-state index contributed by atoms with van der Waals surface area (Å²) in [5.74, 6) is 0.215. The van der Waals surface area contributed by atoms with Gasteiger partial charge in [-0.2, -0.15) is 9.59 Å². The Labute approximate surface area is 360 Å². The standard InChI is InChI=1S/C44H57N3O4S4.CO2/c1-3-5-7-9-11-12-14-16-27-53-33-23-21-32(22-24-33)47-36-19-17-18-34(36)35-28-31(20-25-37(35)47)29-38-41(50)46(30-39(48)49)43(54-38)40-42(51)45(44(52)55-40)26-15-13-10-8-6-4-2;2-1-3/h20-25,28-29,34,36H,3-19,26-27,30H2,1-2H3,(H,48,49);/b38-29-,43-40+;. The number of rotatable bonds is 21. The molecule has 312 valence electrons. The number of anilines is 2. The van der Waals surface area contributed by atoms with E-state index in [2.05, 4.69) is 61.2 Å². The summed E-state index contributed by atoms with van der Waals surface area (Å²) in [7, 11) is 0. The number of amides is 1. The highest BCUT2D eigenvalue weighted by molar-refractivity contribution is 8.30. The molecule has 0 radical (unpaired) electrons. The number of nitrogens with zero attached hydrogens (tertiary/aromatic N) is 3. The SMILES string of the molecule is CCCCCCCCCCSc1ccc(N2c3ccc(/C=c4\s/c(=C5/SC(=S)N(CCCCCCCC)C5=O)n(CC(=O)O)c4=O)cc3C3CCCC32)cc1.O=C=O. The molecule has 2 unspecified atom stereocenters. The molecule has 58 heavy (non-hydrogen) atoms. The molecule has 1 aliphatic carbocycles. The zero-order chi connectivity index (χ0) is 41.4. The Balaban J connectivity index is 0.00000207. The van der Waals surface area contributed by atoms with Gasteiger partial charge in [0.25, 0.3) is 11.5 Å². The molecule has 1 amide bonds. The fourth-order valence-electron chi connectivity index (χ4n) is 8.32. The number of hydrogen-bond acceptors (Lipinski definition) is 10. The molecule has 6 rings (SSSR count). The highest BCUT2D eigenvalue weighted by atomic mass is 32.2. The van der Waals surface area contributed by atoms with Crippen LogP contribution in [0.15, 0.2) is 52.2 Å². The summed E-state index contributed by atoms with van der Waals surface area (Å²) in [5.41, 5.74) is 4.26. The highest BCUT2D eigenvalue weighted by Gasteiger charge is 2.42. The Morgan fingerprint density at radius 2 is 1.53 bits per heavy atom. The number of hydrogen-bond donors (Lipinski definition) is 1. The third-order valence-corrected chi connectivity index (χ3v) is 15.0. The minimum Gasteiger partial charge on any atom is -0.480 e. The Morgan fingerprint density at radius 3 is 2.19 bits per heavy atom. The van der Waals surface area contributed by atoms with E-state index >= 15 is 0 Å². The third-order valence-electron chi connectivity index (χ3n) is 11.2. The van der Waals surface area contributed by atoms with Crippen LogP contribution in [0.1, 0.15) is 140 Å². The van der Waals surface area contributed by atoms with Crippen LogP contribution in [0.2, 0.25) is 0 Å². The van der Waals surface area contributed by atoms with Crippen LogP contribution < -0.4 is 19.7 Å². The van der Waals surface area contributed by atoms with E-state index in [1.165, 1.54) is 127 Å². The van der Waals surface area contributed by atoms with E-state index in [0.717, 1.165) is 43.4 Å². The van der Waals surface area contributed by atoms with Crippen molar-refractivity contribution in [1.29, 1.82) is 0 Å². The van der Waals surface area contributed by atoms with Crippen LogP contribution in [0, 0.1) is 0 Å². The normalized spacial score (nSPS) is 18.3. The number of carboxylic acid groups (broad SMARTS) is 1. The van der Waals surface area contributed by atoms with Crippen LogP contribution in [0.25, 0.3) is 11.0 Å². The van der Waals surface area contributed by atoms with Gasteiger partial charge in [-0.3, -0.25) is 23.9 Å². The van der Waals surface area contributed by atoms with Crippen LogP contribution in [-0.2, 0) is 25.7 Å². The quantitative estimate of drug-likeness (QED) is 0.0631. The molecule has 1 saturated carbocycles. The summed E-state index contributed by atoms with van der Waals surface area (Å²) in [5, 5.41) is 9.75. The van der Waals surface area contributed by atoms with Crippen LogP contribution in [0.4, 0.5) is 11.4 Å². The maximum absolute atomic E-state index is 13.8. The van der Waals surface area contributed by atoms with Crippen molar-refractivity contribution in [2.24, 2.45) is 0 Å². The molecule has 9 nitrogen and oxygen atoms in total. The van der Waals surface area contributed by atoms with Crippen molar-refractivity contribution in [3.05, 3.63) is 73.1 Å². The van der Waals surface area contributed by atoms with Gasteiger partial charge < -0.3 is 10.0 Å². The Morgan fingerprint density at radius 1 is 0.897 bits per heavy atom. The van der Waals surface area contributed by atoms with E-state index in [1.54, 1.807) is 4.90 Å². The average Bonchev–Trinajstić information content (AvgIpc) is 3.95. The first-order chi connectivity index (χ1) is 28.2. The number of fused-ring (bicyclic) bond motifs is 3. The second kappa shape index (κ2) is 23.3. The molecule has 0 bridgehead atoms. The predicted octanol–water partition coefficient (Wildman–Crippen LogP) is 9.59. The number of carbonyl (C=O) groups is 2. The zero-order valence-corrected chi connectivity index (χ0v) is 37.1. The van der Waals surface area contributed by atoms with Crippen LogP contribution in [0.3, 0.4) is 0 Å². The Bertz CT molecular complexity index is 2090. The number of thiazole rings is 1. The summed E-state index contributed by atoms with van der Waals surface area (Å²) in [4.78, 5) is 61.4. The summed E-state index contributed by atoms with van der Waals surface area (Å²) in [6.07, 6.45) is 22.9. The van der Waals surface area contributed by atoms with E-state index in [4.69, 9.17) is 21.8 Å². The molecule has 13 heteroatoms. The van der Waals surface area contributed by atoms with Crippen LogP contribution >= 0.6 is 47.1 Å². The number of thioether (sulfide) groups is 2. The summed E-state index contributed by atoms with van der Waals surface area (Å²) < 4.78 is 2.47. The predicted molar refractivity (Wildman–Crippen MR) is 241 cm³/mol. The second-order valence-corrected chi connectivity index (χ2v) is 19.2. The summed E-state index contributed by atoms with van der Waals surface area (Å²) in [6, 6.07) is 16.0. The summed E-state index contributed by atoms with van der Waals surface area (Å²) in [6.45, 7) is 4.48. The van der Waals surface area contributed by atoms with Gasteiger partial charge in [0, 0.05) is 34.8 Å². The van der Waals surface area contributed by atoms with Gasteiger partial charge in [0.2, 0.25) is 0 Å². The van der Waals surface area contributed by atoms with Crippen molar-refractivity contribution in [1.82, 2.24) is 9.47 Å². The van der Waals surface area contributed by atoms with Crippen LogP contribution in [0.5, 0.6) is 0 Å². The lowest BCUT2D eigenvalue weighted by Crippen LogP contribution is -2.35. The molecule has 3 heterocycles. The number of carbonyl (C=O) groups excluding carboxylic acids is 3.